The number of allylic oxidation sites excluding steroid dienone is 1. The number of amides is 2. The summed E-state index contributed by atoms with van der Waals surface area (Å²) in [6, 6.07) is 10.5. The maximum absolute atomic E-state index is 12.5. The lowest BCUT2D eigenvalue weighted by molar-refractivity contribution is 0.262. The van der Waals surface area contributed by atoms with Crippen molar-refractivity contribution in [2.75, 3.05) is 24.8 Å². The summed E-state index contributed by atoms with van der Waals surface area (Å²) in [6.07, 6.45) is 2.64. The molecule has 6 nitrogen and oxygen atoms in total. The molecule has 1 aliphatic heterocycles. The molecule has 2 aromatic rings. The molecule has 0 aliphatic carbocycles. The fraction of sp³-hybridized carbons (Fsp3) is 0.238. The van der Waals surface area contributed by atoms with Gasteiger partial charge in [-0.05, 0) is 61.4 Å². The SMILES string of the molecule is COc1ccc(NC(=O)Nc2ccc(Cl)cc2C)cc1C1=C(C)CC=NN1C. The Morgan fingerprint density at radius 3 is 2.64 bits per heavy atom. The van der Waals surface area contributed by atoms with Crippen LogP contribution in [-0.4, -0.2) is 31.4 Å². The van der Waals surface area contributed by atoms with Gasteiger partial charge in [0.25, 0.3) is 0 Å². The molecular weight excluding hydrogens is 376 g/mol. The highest BCUT2D eigenvalue weighted by molar-refractivity contribution is 6.30. The number of nitrogens with one attached hydrogen (secondary N) is 2. The maximum Gasteiger partial charge on any atom is 0.323 e. The lowest BCUT2D eigenvalue weighted by Gasteiger charge is -2.25. The first-order valence-corrected chi connectivity index (χ1v) is 9.25. The summed E-state index contributed by atoms with van der Waals surface area (Å²) in [7, 11) is 3.52. The Morgan fingerprint density at radius 2 is 1.96 bits per heavy atom. The topological polar surface area (TPSA) is 66.0 Å². The molecule has 146 valence electrons. The average molecular weight is 399 g/mol. The molecule has 0 saturated heterocycles. The number of hydrazone groups is 1. The second-order valence-corrected chi connectivity index (χ2v) is 7.04. The molecule has 0 aromatic heterocycles. The Labute approximate surface area is 169 Å². The van der Waals surface area contributed by atoms with E-state index in [0.717, 1.165) is 29.0 Å². The number of nitrogens with zero attached hydrogens (tertiary/aromatic N) is 2. The summed E-state index contributed by atoms with van der Waals surface area (Å²) in [5.74, 6) is 0.720. The van der Waals surface area contributed by atoms with Gasteiger partial charge in [-0.15, -0.1) is 0 Å². The molecule has 2 N–H and O–H groups in total. The van der Waals surface area contributed by atoms with E-state index in [9.17, 15) is 4.79 Å². The minimum atomic E-state index is -0.331. The van der Waals surface area contributed by atoms with Crippen LogP contribution in [0.2, 0.25) is 5.02 Å². The van der Waals surface area contributed by atoms with E-state index in [0.29, 0.717) is 16.4 Å². The van der Waals surface area contributed by atoms with Gasteiger partial charge in [0.2, 0.25) is 0 Å². The Balaban J connectivity index is 1.84. The number of carbonyl (C=O) groups excluding carboxylic acids is 1. The van der Waals surface area contributed by atoms with Crippen LogP contribution in [-0.2, 0) is 0 Å². The van der Waals surface area contributed by atoms with Crippen LogP contribution in [0.5, 0.6) is 5.75 Å². The van der Waals surface area contributed by atoms with Crippen LogP contribution in [0.15, 0.2) is 47.1 Å². The van der Waals surface area contributed by atoms with Gasteiger partial charge < -0.3 is 15.4 Å². The van der Waals surface area contributed by atoms with Crippen molar-refractivity contribution in [3.63, 3.8) is 0 Å². The van der Waals surface area contributed by atoms with Crippen molar-refractivity contribution >= 4 is 40.9 Å². The van der Waals surface area contributed by atoms with Crippen molar-refractivity contribution in [1.82, 2.24) is 5.01 Å². The van der Waals surface area contributed by atoms with Gasteiger partial charge in [-0.2, -0.15) is 5.10 Å². The van der Waals surface area contributed by atoms with Crippen LogP contribution >= 0.6 is 11.6 Å². The predicted molar refractivity (Wildman–Crippen MR) is 115 cm³/mol. The number of anilines is 2. The summed E-state index contributed by atoms with van der Waals surface area (Å²) in [5.41, 5.74) is 5.27. The molecule has 2 aromatic carbocycles. The Hall–Kier alpha value is -2.99. The van der Waals surface area contributed by atoms with Gasteiger partial charge in [-0.3, -0.25) is 5.01 Å². The van der Waals surface area contributed by atoms with Gasteiger partial charge in [-0.25, -0.2) is 4.79 Å². The zero-order chi connectivity index (χ0) is 20.3. The van der Waals surface area contributed by atoms with E-state index < -0.39 is 0 Å². The average Bonchev–Trinajstić information content (AvgIpc) is 2.64. The van der Waals surface area contributed by atoms with Crippen LogP contribution in [0.1, 0.15) is 24.5 Å². The second-order valence-electron chi connectivity index (χ2n) is 6.61. The van der Waals surface area contributed by atoms with Crippen molar-refractivity contribution in [2.45, 2.75) is 20.3 Å². The molecule has 0 bridgehead atoms. The molecule has 0 unspecified atom stereocenters. The van der Waals surface area contributed by atoms with E-state index in [2.05, 4.69) is 22.7 Å². The third kappa shape index (κ3) is 4.28. The molecular formula is C21H23ClN4O2. The maximum atomic E-state index is 12.5. The molecule has 7 heteroatoms. The number of aryl methyl sites for hydroxylation is 1. The number of hydrogen-bond donors (Lipinski definition) is 2. The molecule has 0 spiro atoms. The first-order chi connectivity index (χ1) is 13.4. The molecule has 3 rings (SSSR count). The monoisotopic (exact) mass is 398 g/mol. The van der Waals surface area contributed by atoms with Gasteiger partial charge in [0.1, 0.15) is 5.75 Å². The van der Waals surface area contributed by atoms with E-state index in [1.807, 2.05) is 37.3 Å². The molecule has 0 fully saturated rings. The van der Waals surface area contributed by atoms with Gasteiger partial charge >= 0.3 is 6.03 Å². The van der Waals surface area contributed by atoms with E-state index >= 15 is 0 Å². The summed E-state index contributed by atoms with van der Waals surface area (Å²) in [4.78, 5) is 12.5. The highest BCUT2D eigenvalue weighted by Gasteiger charge is 2.19. The molecule has 1 aliphatic rings. The van der Waals surface area contributed by atoms with E-state index in [-0.39, 0.29) is 6.03 Å². The third-order valence-electron chi connectivity index (χ3n) is 4.53. The lowest BCUT2D eigenvalue weighted by atomic mass is 10.0. The third-order valence-corrected chi connectivity index (χ3v) is 4.76. The minimum Gasteiger partial charge on any atom is -0.496 e. The number of methoxy groups -OCH3 is 1. The van der Waals surface area contributed by atoms with Crippen molar-refractivity contribution < 1.29 is 9.53 Å². The Morgan fingerprint density at radius 1 is 1.18 bits per heavy atom. The van der Waals surface area contributed by atoms with Gasteiger partial charge in [-0.1, -0.05) is 11.6 Å². The Kier molecular flexibility index (Phi) is 5.90. The standard InChI is InChI=1S/C21H23ClN4O2/c1-13-9-10-23-26(3)20(13)17-12-16(6-8-19(17)28-4)24-21(27)25-18-7-5-15(22)11-14(18)2/h5-8,10-12H,9H2,1-4H3,(H2,24,25,27). The van der Waals surface area contributed by atoms with Crippen molar-refractivity contribution in [1.29, 1.82) is 0 Å². The predicted octanol–water partition coefficient (Wildman–Crippen LogP) is 5.35. The van der Waals surface area contributed by atoms with E-state index in [1.165, 1.54) is 5.57 Å². The minimum absolute atomic E-state index is 0.331. The fourth-order valence-corrected chi connectivity index (χ4v) is 3.38. The van der Waals surface area contributed by atoms with Crippen LogP contribution in [0, 0.1) is 6.92 Å². The number of hydrogen-bond acceptors (Lipinski definition) is 4. The highest BCUT2D eigenvalue weighted by Crippen LogP contribution is 2.35. The zero-order valence-electron chi connectivity index (χ0n) is 16.3. The summed E-state index contributed by atoms with van der Waals surface area (Å²) < 4.78 is 5.52. The molecule has 1 heterocycles. The van der Waals surface area contributed by atoms with Crippen LogP contribution in [0.4, 0.5) is 16.2 Å². The van der Waals surface area contributed by atoms with Gasteiger partial charge in [0.15, 0.2) is 0 Å². The number of urea groups is 1. The quantitative estimate of drug-likeness (QED) is 0.729. The number of rotatable bonds is 4. The van der Waals surface area contributed by atoms with Crippen molar-refractivity contribution in [2.24, 2.45) is 5.10 Å². The smallest absolute Gasteiger partial charge is 0.323 e. The van der Waals surface area contributed by atoms with Crippen LogP contribution in [0.25, 0.3) is 5.70 Å². The first-order valence-electron chi connectivity index (χ1n) is 8.87. The molecule has 0 saturated carbocycles. The van der Waals surface area contributed by atoms with Crippen LogP contribution in [0.3, 0.4) is 0 Å². The van der Waals surface area contributed by atoms with Gasteiger partial charge in [0, 0.05) is 41.6 Å². The number of benzene rings is 2. The first kappa shape index (κ1) is 19.8. The normalized spacial score (nSPS) is 13.5. The second kappa shape index (κ2) is 8.35. The number of ether oxygens (including phenoxy) is 1. The summed E-state index contributed by atoms with van der Waals surface area (Å²) >= 11 is 5.97. The highest BCUT2D eigenvalue weighted by atomic mass is 35.5. The number of carbonyl (C=O) groups is 1. The Bertz CT molecular complexity index is 969. The summed E-state index contributed by atoms with van der Waals surface area (Å²) in [5, 5.41) is 12.5. The van der Waals surface area contributed by atoms with Crippen molar-refractivity contribution in [3.8, 4) is 5.75 Å². The number of halogens is 1. The van der Waals surface area contributed by atoms with E-state index in [1.54, 1.807) is 31.4 Å². The molecule has 0 atom stereocenters. The van der Waals surface area contributed by atoms with E-state index in [4.69, 9.17) is 16.3 Å². The van der Waals surface area contributed by atoms with Crippen molar-refractivity contribution in [3.05, 3.63) is 58.1 Å². The van der Waals surface area contributed by atoms with Crippen LogP contribution < -0.4 is 15.4 Å². The zero-order valence-corrected chi connectivity index (χ0v) is 17.1. The molecule has 28 heavy (non-hydrogen) atoms. The fourth-order valence-electron chi connectivity index (χ4n) is 3.16. The largest absolute Gasteiger partial charge is 0.496 e. The summed E-state index contributed by atoms with van der Waals surface area (Å²) in [6.45, 7) is 3.95. The van der Waals surface area contributed by atoms with Gasteiger partial charge in [0.05, 0.1) is 12.8 Å². The lowest BCUT2D eigenvalue weighted by Crippen LogP contribution is -2.20. The molecule has 2 amide bonds. The molecule has 0 radical (unpaired) electrons.